The fraction of sp³-hybridized carbons (Fsp3) is 0.333. The number of amides is 1. The molecule has 1 rings (SSSR count). The SMILES string of the molecule is C=C(C)CCc1c(NC(C)=O)ccc(/C=C(\N=[N+]=[N-])C(=O)OC)c1OC. The van der Waals surface area contributed by atoms with Gasteiger partial charge in [0.15, 0.2) is 0 Å². The molecule has 0 aliphatic heterocycles. The monoisotopic (exact) mass is 358 g/mol. The number of hydrogen-bond acceptors (Lipinski definition) is 5. The predicted molar refractivity (Wildman–Crippen MR) is 99.6 cm³/mol. The summed E-state index contributed by atoms with van der Waals surface area (Å²) in [6.07, 6.45) is 2.65. The second-order valence-electron chi connectivity index (χ2n) is 5.56. The first-order valence-corrected chi connectivity index (χ1v) is 7.81. The maximum atomic E-state index is 11.8. The molecule has 0 radical (unpaired) electrons. The number of rotatable bonds is 8. The molecule has 1 aromatic rings. The Bertz CT molecular complexity index is 793. The maximum absolute atomic E-state index is 11.8. The number of anilines is 1. The van der Waals surface area contributed by atoms with Crippen molar-refractivity contribution >= 4 is 23.6 Å². The summed E-state index contributed by atoms with van der Waals surface area (Å²) in [6.45, 7) is 7.21. The van der Waals surface area contributed by atoms with Crippen LogP contribution in [0.3, 0.4) is 0 Å². The van der Waals surface area contributed by atoms with Crippen molar-refractivity contribution in [3.63, 3.8) is 0 Å². The Hall–Kier alpha value is -3.25. The first-order chi connectivity index (χ1) is 12.3. The number of hydrogen-bond donors (Lipinski definition) is 1. The lowest BCUT2D eigenvalue weighted by atomic mass is 9.99. The highest BCUT2D eigenvalue weighted by molar-refractivity contribution is 5.94. The largest absolute Gasteiger partial charge is 0.496 e. The van der Waals surface area contributed by atoms with Crippen molar-refractivity contribution in [1.29, 1.82) is 0 Å². The highest BCUT2D eigenvalue weighted by Gasteiger charge is 2.16. The van der Waals surface area contributed by atoms with Gasteiger partial charge in [0.1, 0.15) is 11.4 Å². The van der Waals surface area contributed by atoms with E-state index in [1.807, 2.05) is 6.92 Å². The summed E-state index contributed by atoms with van der Waals surface area (Å²) in [6, 6.07) is 3.36. The van der Waals surface area contributed by atoms with Crippen molar-refractivity contribution in [2.24, 2.45) is 5.11 Å². The van der Waals surface area contributed by atoms with Crippen LogP contribution in [0.15, 0.2) is 35.1 Å². The zero-order valence-electron chi connectivity index (χ0n) is 15.3. The van der Waals surface area contributed by atoms with Crippen LogP contribution in [0.4, 0.5) is 5.69 Å². The summed E-state index contributed by atoms with van der Waals surface area (Å²) < 4.78 is 10.1. The Morgan fingerprint density at radius 2 is 2.04 bits per heavy atom. The first-order valence-electron chi connectivity index (χ1n) is 7.81. The standard InChI is InChI=1S/C18H22N4O4/c1-11(2)6-8-14-15(20-12(3)23)9-7-13(17(14)25-4)10-16(21-22-19)18(24)26-5/h7,9-10H,1,6,8H2,2-5H3,(H,20,23)/b16-10-. The van der Waals surface area contributed by atoms with Crippen LogP contribution in [-0.4, -0.2) is 26.1 Å². The summed E-state index contributed by atoms with van der Waals surface area (Å²) in [5.74, 6) is -0.512. The van der Waals surface area contributed by atoms with Gasteiger partial charge in [-0.3, -0.25) is 4.79 Å². The van der Waals surface area contributed by atoms with Crippen molar-refractivity contribution in [2.45, 2.75) is 26.7 Å². The molecule has 138 valence electrons. The third kappa shape index (κ3) is 5.68. The molecule has 8 nitrogen and oxygen atoms in total. The smallest absolute Gasteiger partial charge is 0.340 e. The summed E-state index contributed by atoms with van der Waals surface area (Å²) in [4.78, 5) is 25.9. The third-order valence-corrected chi connectivity index (χ3v) is 3.45. The van der Waals surface area contributed by atoms with E-state index in [-0.39, 0.29) is 11.6 Å². The number of carbonyl (C=O) groups is 2. The molecular weight excluding hydrogens is 336 g/mol. The number of allylic oxidation sites excluding steroid dienone is 1. The molecule has 0 unspecified atom stereocenters. The van der Waals surface area contributed by atoms with Crippen LogP contribution in [0.1, 0.15) is 31.4 Å². The molecule has 1 N–H and O–H groups in total. The molecule has 0 atom stereocenters. The fourth-order valence-corrected chi connectivity index (χ4v) is 2.32. The van der Waals surface area contributed by atoms with Gasteiger partial charge in [0.05, 0.1) is 14.2 Å². The molecular formula is C18H22N4O4. The average molecular weight is 358 g/mol. The number of benzene rings is 1. The molecule has 26 heavy (non-hydrogen) atoms. The second-order valence-corrected chi connectivity index (χ2v) is 5.56. The van der Waals surface area contributed by atoms with Crippen LogP contribution in [0, 0.1) is 0 Å². The van der Waals surface area contributed by atoms with Crippen molar-refractivity contribution < 1.29 is 19.1 Å². The number of nitrogens with zero attached hydrogens (tertiary/aromatic N) is 3. The number of esters is 1. The first kappa shape index (κ1) is 20.8. The molecule has 0 spiro atoms. The highest BCUT2D eigenvalue weighted by Crippen LogP contribution is 2.34. The molecule has 8 heteroatoms. The molecule has 0 aliphatic rings. The highest BCUT2D eigenvalue weighted by atomic mass is 16.5. The van der Waals surface area contributed by atoms with Gasteiger partial charge in [-0.25, -0.2) is 4.79 Å². The van der Waals surface area contributed by atoms with Gasteiger partial charge in [0.25, 0.3) is 0 Å². The normalized spacial score (nSPS) is 10.5. The van der Waals surface area contributed by atoms with Crippen molar-refractivity contribution in [2.75, 3.05) is 19.5 Å². The molecule has 0 saturated carbocycles. The fourth-order valence-electron chi connectivity index (χ4n) is 2.32. The zero-order chi connectivity index (χ0) is 19.7. The lowest BCUT2D eigenvalue weighted by molar-refractivity contribution is -0.136. The quantitative estimate of drug-likeness (QED) is 0.189. The van der Waals surface area contributed by atoms with Gasteiger partial charge in [-0.05, 0) is 43.5 Å². The Balaban J connectivity index is 3.55. The Labute approximate surface area is 152 Å². The van der Waals surface area contributed by atoms with E-state index in [1.165, 1.54) is 27.2 Å². The Morgan fingerprint density at radius 3 is 2.54 bits per heavy atom. The lowest BCUT2D eigenvalue weighted by Crippen LogP contribution is -2.10. The van der Waals surface area contributed by atoms with Gasteiger partial charge >= 0.3 is 5.97 Å². The average Bonchev–Trinajstić information content (AvgIpc) is 2.59. The maximum Gasteiger partial charge on any atom is 0.340 e. The Morgan fingerprint density at radius 1 is 1.35 bits per heavy atom. The van der Waals surface area contributed by atoms with Gasteiger partial charge in [-0.1, -0.05) is 10.7 Å². The number of carbonyl (C=O) groups excluding carboxylic acids is 2. The van der Waals surface area contributed by atoms with Crippen LogP contribution in [0.2, 0.25) is 0 Å². The minimum atomic E-state index is -0.765. The topological polar surface area (TPSA) is 113 Å². The van der Waals surface area contributed by atoms with E-state index >= 15 is 0 Å². The van der Waals surface area contributed by atoms with Crippen LogP contribution in [-0.2, 0) is 20.7 Å². The van der Waals surface area contributed by atoms with Gasteiger partial charge in [0, 0.05) is 28.6 Å². The summed E-state index contributed by atoms with van der Waals surface area (Å²) in [5.41, 5.74) is 11.3. The molecule has 0 aliphatic carbocycles. The van der Waals surface area contributed by atoms with Crippen LogP contribution in [0.25, 0.3) is 16.5 Å². The molecule has 0 aromatic heterocycles. The lowest BCUT2D eigenvalue weighted by Gasteiger charge is -2.17. The molecule has 0 fully saturated rings. The molecule has 1 aromatic carbocycles. The van der Waals surface area contributed by atoms with Gasteiger partial charge < -0.3 is 14.8 Å². The second kappa shape index (κ2) is 9.90. The van der Waals surface area contributed by atoms with Crippen molar-refractivity contribution in [1.82, 2.24) is 0 Å². The van der Waals surface area contributed by atoms with Crippen molar-refractivity contribution in [3.05, 3.63) is 51.6 Å². The summed E-state index contributed by atoms with van der Waals surface area (Å²) in [5, 5.41) is 6.14. The van der Waals surface area contributed by atoms with Gasteiger partial charge in [0.2, 0.25) is 5.91 Å². The molecule has 0 saturated heterocycles. The number of ether oxygens (including phenoxy) is 2. The number of azide groups is 1. The van der Waals surface area contributed by atoms with E-state index in [1.54, 1.807) is 12.1 Å². The number of nitrogens with one attached hydrogen (secondary N) is 1. The minimum Gasteiger partial charge on any atom is -0.496 e. The van der Waals surface area contributed by atoms with Gasteiger partial charge in [-0.15, -0.1) is 6.58 Å². The molecule has 0 bridgehead atoms. The molecule has 0 heterocycles. The van der Waals surface area contributed by atoms with E-state index in [4.69, 9.17) is 10.3 Å². The Kier molecular flexibility index (Phi) is 7.92. The summed E-state index contributed by atoms with van der Waals surface area (Å²) >= 11 is 0. The van der Waals surface area contributed by atoms with Gasteiger partial charge in [-0.2, -0.15) is 0 Å². The minimum absolute atomic E-state index is 0.202. The van der Waals surface area contributed by atoms with E-state index in [2.05, 4.69) is 26.7 Å². The van der Waals surface area contributed by atoms with Crippen LogP contribution in [0.5, 0.6) is 5.75 Å². The van der Waals surface area contributed by atoms with E-state index in [0.29, 0.717) is 29.8 Å². The summed E-state index contributed by atoms with van der Waals surface area (Å²) in [7, 11) is 2.68. The third-order valence-electron chi connectivity index (χ3n) is 3.45. The zero-order valence-corrected chi connectivity index (χ0v) is 15.3. The van der Waals surface area contributed by atoms with Crippen LogP contribution >= 0.6 is 0 Å². The van der Waals surface area contributed by atoms with Crippen molar-refractivity contribution in [3.8, 4) is 5.75 Å². The van der Waals surface area contributed by atoms with E-state index in [0.717, 1.165) is 11.1 Å². The van der Waals surface area contributed by atoms with E-state index < -0.39 is 5.97 Å². The molecule has 1 amide bonds. The number of methoxy groups -OCH3 is 2. The van der Waals surface area contributed by atoms with E-state index in [9.17, 15) is 9.59 Å². The van der Waals surface area contributed by atoms with Crippen LogP contribution < -0.4 is 10.1 Å². The predicted octanol–water partition coefficient (Wildman–Crippen LogP) is 3.99.